The molecule has 0 bridgehead atoms. The average Bonchev–Trinajstić information content (AvgIpc) is 2.84. The van der Waals surface area contributed by atoms with Crippen LogP contribution in [0.2, 0.25) is 0 Å². The zero-order chi connectivity index (χ0) is 17.0. The first kappa shape index (κ1) is 17.3. The van der Waals surface area contributed by atoms with Crippen molar-refractivity contribution in [2.45, 2.75) is 45.9 Å². The molecule has 0 aliphatic rings. The zero-order valence-electron chi connectivity index (χ0n) is 14.5. The van der Waals surface area contributed by atoms with Crippen molar-refractivity contribution in [3.8, 4) is 0 Å². The van der Waals surface area contributed by atoms with Gasteiger partial charge in [0.2, 0.25) is 0 Å². The maximum absolute atomic E-state index is 11.7. The second-order valence-electron chi connectivity index (χ2n) is 6.85. The third-order valence-corrected chi connectivity index (χ3v) is 3.52. The molecule has 0 aliphatic heterocycles. The van der Waals surface area contributed by atoms with Crippen molar-refractivity contribution < 1.29 is 9.53 Å². The van der Waals surface area contributed by atoms with E-state index < -0.39 is 5.60 Å². The number of hydrogen-bond donors (Lipinski definition) is 1. The third-order valence-electron chi connectivity index (χ3n) is 3.52. The Kier molecular flexibility index (Phi) is 5.26. The quantitative estimate of drug-likeness (QED) is 0.921. The number of nitrogens with one attached hydrogen (secondary N) is 1. The number of imidazole rings is 1. The lowest BCUT2D eigenvalue weighted by atomic mass is 10.2. The van der Waals surface area contributed by atoms with Gasteiger partial charge in [-0.15, -0.1) is 0 Å². The highest BCUT2D eigenvalue weighted by Gasteiger charge is 2.18. The lowest BCUT2D eigenvalue weighted by Crippen LogP contribution is -2.41. The minimum Gasteiger partial charge on any atom is -0.444 e. The molecule has 0 aromatic carbocycles. The van der Waals surface area contributed by atoms with Gasteiger partial charge in [-0.3, -0.25) is 4.90 Å². The Morgan fingerprint density at radius 3 is 2.83 bits per heavy atom. The molecule has 0 aliphatic carbocycles. The van der Waals surface area contributed by atoms with Crippen LogP contribution in [0.5, 0.6) is 0 Å². The van der Waals surface area contributed by atoms with Gasteiger partial charge < -0.3 is 14.5 Å². The van der Waals surface area contributed by atoms with Crippen LogP contribution in [0.25, 0.3) is 5.65 Å². The van der Waals surface area contributed by atoms with E-state index >= 15 is 0 Å². The number of nitrogens with zero attached hydrogens (tertiary/aromatic N) is 3. The number of carbonyl (C=O) groups is 1. The molecule has 0 fully saturated rings. The molecule has 2 rings (SSSR count). The van der Waals surface area contributed by atoms with Crippen LogP contribution in [0.15, 0.2) is 30.6 Å². The molecule has 1 atom stereocenters. The highest BCUT2D eigenvalue weighted by Crippen LogP contribution is 2.09. The van der Waals surface area contributed by atoms with Crippen LogP contribution in [-0.4, -0.2) is 45.6 Å². The molecule has 126 valence electrons. The van der Waals surface area contributed by atoms with E-state index in [4.69, 9.17) is 4.74 Å². The maximum Gasteiger partial charge on any atom is 0.407 e. The topological polar surface area (TPSA) is 58.9 Å². The molecule has 6 heteroatoms. The molecule has 1 unspecified atom stereocenters. The van der Waals surface area contributed by atoms with Crippen LogP contribution in [-0.2, 0) is 11.3 Å². The van der Waals surface area contributed by atoms with E-state index in [1.807, 2.05) is 62.8 Å². The Bertz CT molecular complexity index is 627. The summed E-state index contributed by atoms with van der Waals surface area (Å²) in [5.41, 5.74) is 1.47. The van der Waals surface area contributed by atoms with Gasteiger partial charge in [0.05, 0.1) is 5.69 Å². The summed E-state index contributed by atoms with van der Waals surface area (Å²) in [4.78, 5) is 18.4. The SMILES string of the molecule is CC(CNC(=O)OC(C)(C)C)N(C)Cc1cn2ccccc2n1. The van der Waals surface area contributed by atoms with Crippen LogP contribution < -0.4 is 5.32 Å². The van der Waals surface area contributed by atoms with Crippen molar-refractivity contribution in [1.82, 2.24) is 19.6 Å². The number of amides is 1. The molecule has 2 aromatic rings. The van der Waals surface area contributed by atoms with E-state index in [9.17, 15) is 4.79 Å². The van der Waals surface area contributed by atoms with E-state index in [1.54, 1.807) is 0 Å². The van der Waals surface area contributed by atoms with Crippen molar-refractivity contribution in [2.75, 3.05) is 13.6 Å². The van der Waals surface area contributed by atoms with Gasteiger partial charge in [0.15, 0.2) is 0 Å². The molecular weight excluding hydrogens is 292 g/mol. The van der Waals surface area contributed by atoms with Crippen molar-refractivity contribution >= 4 is 11.7 Å². The second kappa shape index (κ2) is 7.00. The summed E-state index contributed by atoms with van der Waals surface area (Å²) in [6.45, 7) is 8.87. The Morgan fingerprint density at radius 1 is 1.43 bits per heavy atom. The van der Waals surface area contributed by atoms with Crippen molar-refractivity contribution in [1.29, 1.82) is 0 Å². The number of alkyl carbamates (subject to hydrolysis) is 1. The molecule has 1 amide bonds. The van der Waals surface area contributed by atoms with Crippen LogP contribution in [0.4, 0.5) is 4.79 Å². The van der Waals surface area contributed by atoms with Gasteiger partial charge in [0.25, 0.3) is 0 Å². The monoisotopic (exact) mass is 318 g/mol. The summed E-state index contributed by atoms with van der Waals surface area (Å²) in [6, 6.07) is 6.11. The molecule has 1 N–H and O–H groups in total. The molecule has 0 saturated carbocycles. The number of aromatic nitrogens is 2. The lowest BCUT2D eigenvalue weighted by Gasteiger charge is -2.25. The number of likely N-dealkylation sites (N-methyl/N-ethyl adjacent to an activating group) is 1. The van der Waals surface area contributed by atoms with Crippen molar-refractivity contribution in [2.24, 2.45) is 0 Å². The molecule has 2 aromatic heterocycles. The van der Waals surface area contributed by atoms with E-state index in [-0.39, 0.29) is 12.1 Å². The predicted octanol–water partition coefficient (Wildman–Crippen LogP) is 2.68. The van der Waals surface area contributed by atoms with E-state index in [2.05, 4.69) is 22.1 Å². The molecule has 6 nitrogen and oxygen atoms in total. The van der Waals surface area contributed by atoms with Gasteiger partial charge >= 0.3 is 6.09 Å². The van der Waals surface area contributed by atoms with Crippen molar-refractivity contribution in [3.63, 3.8) is 0 Å². The summed E-state index contributed by atoms with van der Waals surface area (Å²) in [6.07, 6.45) is 3.63. The van der Waals surface area contributed by atoms with Crippen LogP contribution in [0.1, 0.15) is 33.4 Å². The Balaban J connectivity index is 1.85. The number of carbonyl (C=O) groups excluding carboxylic acids is 1. The number of ether oxygens (including phenoxy) is 1. The molecular formula is C17H26N4O2. The summed E-state index contributed by atoms with van der Waals surface area (Å²) < 4.78 is 7.25. The predicted molar refractivity (Wildman–Crippen MR) is 90.4 cm³/mol. The van der Waals surface area contributed by atoms with Gasteiger partial charge in [-0.25, -0.2) is 9.78 Å². The lowest BCUT2D eigenvalue weighted by molar-refractivity contribution is 0.0512. The third kappa shape index (κ3) is 5.25. The number of fused-ring (bicyclic) bond motifs is 1. The van der Waals surface area contributed by atoms with Gasteiger partial charge in [-0.05, 0) is 46.9 Å². The second-order valence-corrected chi connectivity index (χ2v) is 6.85. The van der Waals surface area contributed by atoms with Crippen molar-refractivity contribution in [3.05, 3.63) is 36.3 Å². The summed E-state index contributed by atoms with van der Waals surface area (Å²) in [7, 11) is 2.02. The standard InChI is InChI=1S/C17H26N4O2/c1-13(10-18-16(22)23-17(2,3)4)20(5)11-14-12-21-9-7-6-8-15(21)19-14/h6-9,12-13H,10-11H2,1-5H3,(H,18,22). The normalized spacial score (nSPS) is 13.3. The van der Waals surface area contributed by atoms with Crippen LogP contribution in [0, 0.1) is 0 Å². The Labute approximate surface area is 137 Å². The first-order chi connectivity index (χ1) is 10.7. The molecule has 0 spiro atoms. The molecule has 0 saturated heterocycles. The Hall–Kier alpha value is -2.08. The fraction of sp³-hybridized carbons (Fsp3) is 0.529. The van der Waals surface area contributed by atoms with Gasteiger partial charge in [-0.2, -0.15) is 0 Å². The van der Waals surface area contributed by atoms with E-state index in [0.717, 1.165) is 17.9 Å². The molecule has 0 radical (unpaired) electrons. The van der Waals surface area contributed by atoms with Crippen LogP contribution >= 0.6 is 0 Å². The highest BCUT2D eigenvalue weighted by molar-refractivity contribution is 5.67. The minimum atomic E-state index is -0.476. The number of rotatable bonds is 5. The number of hydrogen-bond acceptors (Lipinski definition) is 4. The molecule has 2 heterocycles. The Morgan fingerprint density at radius 2 is 2.17 bits per heavy atom. The average molecular weight is 318 g/mol. The fourth-order valence-corrected chi connectivity index (χ4v) is 2.18. The minimum absolute atomic E-state index is 0.173. The summed E-state index contributed by atoms with van der Waals surface area (Å²) in [5.74, 6) is 0. The van der Waals surface area contributed by atoms with Crippen LogP contribution in [0.3, 0.4) is 0 Å². The van der Waals surface area contributed by atoms with Gasteiger partial charge in [-0.1, -0.05) is 6.07 Å². The first-order valence-electron chi connectivity index (χ1n) is 7.84. The summed E-state index contributed by atoms with van der Waals surface area (Å²) in [5, 5.41) is 2.80. The largest absolute Gasteiger partial charge is 0.444 e. The van der Waals surface area contributed by atoms with E-state index in [0.29, 0.717) is 6.54 Å². The number of pyridine rings is 1. The fourth-order valence-electron chi connectivity index (χ4n) is 2.18. The summed E-state index contributed by atoms with van der Waals surface area (Å²) >= 11 is 0. The smallest absolute Gasteiger partial charge is 0.407 e. The van der Waals surface area contributed by atoms with Gasteiger partial charge in [0.1, 0.15) is 11.2 Å². The molecule has 23 heavy (non-hydrogen) atoms. The maximum atomic E-state index is 11.7. The highest BCUT2D eigenvalue weighted by atomic mass is 16.6. The van der Waals surface area contributed by atoms with E-state index in [1.165, 1.54) is 0 Å². The first-order valence-corrected chi connectivity index (χ1v) is 7.84. The zero-order valence-corrected chi connectivity index (χ0v) is 14.5. The van der Waals surface area contributed by atoms with Gasteiger partial charge in [0, 0.05) is 31.5 Å².